The maximum Gasteiger partial charge on any atom is 0.446 e. The minimum atomic E-state index is -4.24. The summed E-state index contributed by atoms with van der Waals surface area (Å²) in [4.78, 5) is 0.198. The van der Waals surface area contributed by atoms with Gasteiger partial charge in [-0.2, -0.15) is 13.2 Å². The van der Waals surface area contributed by atoms with Crippen LogP contribution in [-0.4, -0.2) is 27.0 Å². The van der Waals surface area contributed by atoms with Crippen molar-refractivity contribution in [3.63, 3.8) is 0 Å². The summed E-state index contributed by atoms with van der Waals surface area (Å²) in [6.07, 6.45) is 3.38. The van der Waals surface area contributed by atoms with Crippen LogP contribution in [0.25, 0.3) is 0 Å². The zero-order valence-corrected chi connectivity index (χ0v) is 11.3. The summed E-state index contributed by atoms with van der Waals surface area (Å²) in [5.74, 6) is 0. The van der Waals surface area contributed by atoms with Gasteiger partial charge in [-0.1, -0.05) is 17.3 Å². The van der Waals surface area contributed by atoms with E-state index in [9.17, 15) is 13.2 Å². The SMILES string of the molecule is FC(F)(F)Sc1ccc(CNCCn2ccnn2)cc1. The highest BCUT2D eigenvalue weighted by Gasteiger charge is 2.28. The van der Waals surface area contributed by atoms with Crippen molar-refractivity contribution in [3.05, 3.63) is 42.2 Å². The van der Waals surface area contributed by atoms with Gasteiger partial charge in [0, 0.05) is 24.2 Å². The number of halogens is 3. The van der Waals surface area contributed by atoms with Gasteiger partial charge in [-0.05, 0) is 29.5 Å². The van der Waals surface area contributed by atoms with Crippen LogP contribution in [0.4, 0.5) is 13.2 Å². The number of thioether (sulfide) groups is 1. The summed E-state index contributed by atoms with van der Waals surface area (Å²) in [6.45, 7) is 2.01. The fourth-order valence-corrected chi connectivity index (χ4v) is 2.13. The molecule has 8 heteroatoms. The van der Waals surface area contributed by atoms with Crippen molar-refractivity contribution in [1.29, 1.82) is 0 Å². The maximum atomic E-state index is 12.2. The summed E-state index contributed by atoms with van der Waals surface area (Å²) >= 11 is -0.103. The fourth-order valence-electron chi connectivity index (χ4n) is 1.59. The Morgan fingerprint density at radius 1 is 1.20 bits per heavy atom. The van der Waals surface area contributed by atoms with Gasteiger partial charge in [0.25, 0.3) is 0 Å². The smallest absolute Gasteiger partial charge is 0.311 e. The van der Waals surface area contributed by atoms with Crippen molar-refractivity contribution in [2.75, 3.05) is 6.54 Å². The van der Waals surface area contributed by atoms with E-state index in [1.807, 2.05) is 0 Å². The molecule has 0 aliphatic carbocycles. The minimum absolute atomic E-state index is 0.103. The summed E-state index contributed by atoms with van der Waals surface area (Å²) in [5, 5.41) is 10.7. The van der Waals surface area contributed by atoms with Crippen molar-refractivity contribution in [3.8, 4) is 0 Å². The largest absolute Gasteiger partial charge is 0.446 e. The lowest BCUT2D eigenvalue weighted by Crippen LogP contribution is -2.19. The zero-order chi connectivity index (χ0) is 14.4. The van der Waals surface area contributed by atoms with Gasteiger partial charge in [0.15, 0.2) is 0 Å². The van der Waals surface area contributed by atoms with E-state index in [4.69, 9.17) is 0 Å². The van der Waals surface area contributed by atoms with Gasteiger partial charge in [-0.25, -0.2) is 0 Å². The Kier molecular flexibility index (Phi) is 5.02. The van der Waals surface area contributed by atoms with Crippen LogP contribution in [0.1, 0.15) is 5.56 Å². The second kappa shape index (κ2) is 6.76. The lowest BCUT2D eigenvalue weighted by molar-refractivity contribution is -0.0328. The molecule has 2 aromatic rings. The fraction of sp³-hybridized carbons (Fsp3) is 0.333. The quantitative estimate of drug-likeness (QED) is 0.658. The van der Waals surface area contributed by atoms with Gasteiger partial charge in [-0.15, -0.1) is 5.10 Å². The molecule has 0 saturated heterocycles. The molecular weight excluding hydrogens is 289 g/mol. The second-order valence-electron chi connectivity index (χ2n) is 4.03. The van der Waals surface area contributed by atoms with E-state index in [1.165, 1.54) is 12.1 Å². The molecular formula is C12H13F3N4S. The van der Waals surface area contributed by atoms with Crippen molar-refractivity contribution < 1.29 is 13.2 Å². The first kappa shape index (κ1) is 14.9. The predicted octanol–water partition coefficient (Wildman–Crippen LogP) is 2.68. The Hall–Kier alpha value is -1.54. The van der Waals surface area contributed by atoms with E-state index < -0.39 is 5.51 Å². The molecule has 0 aliphatic rings. The average Bonchev–Trinajstić information content (AvgIpc) is 2.88. The predicted molar refractivity (Wildman–Crippen MR) is 70.1 cm³/mol. The molecule has 0 saturated carbocycles. The Balaban J connectivity index is 1.73. The van der Waals surface area contributed by atoms with E-state index in [0.29, 0.717) is 19.6 Å². The molecule has 108 valence electrons. The number of hydrogen-bond donors (Lipinski definition) is 1. The second-order valence-corrected chi connectivity index (χ2v) is 5.17. The van der Waals surface area contributed by atoms with Crippen molar-refractivity contribution in [1.82, 2.24) is 20.3 Å². The standard InChI is InChI=1S/C12H13F3N4S/c13-12(14,15)20-11-3-1-10(2-4-11)9-16-5-7-19-8-6-17-18-19/h1-4,6,8,16H,5,7,9H2. The molecule has 2 rings (SSSR count). The molecule has 20 heavy (non-hydrogen) atoms. The lowest BCUT2D eigenvalue weighted by atomic mass is 10.2. The number of hydrogen-bond acceptors (Lipinski definition) is 4. The van der Waals surface area contributed by atoms with E-state index in [1.54, 1.807) is 29.2 Å². The van der Waals surface area contributed by atoms with Crippen LogP contribution in [0, 0.1) is 0 Å². The first-order chi connectivity index (χ1) is 9.53. The number of nitrogens with zero attached hydrogens (tertiary/aromatic N) is 3. The molecule has 0 atom stereocenters. The van der Waals surface area contributed by atoms with Gasteiger partial charge in [0.1, 0.15) is 0 Å². The zero-order valence-electron chi connectivity index (χ0n) is 10.5. The van der Waals surface area contributed by atoms with Crippen LogP contribution >= 0.6 is 11.8 Å². The van der Waals surface area contributed by atoms with Crippen LogP contribution in [0.5, 0.6) is 0 Å². The third-order valence-corrected chi connectivity index (χ3v) is 3.21. The van der Waals surface area contributed by atoms with E-state index >= 15 is 0 Å². The number of benzene rings is 1. The Morgan fingerprint density at radius 3 is 2.55 bits per heavy atom. The number of rotatable bonds is 6. The molecule has 1 N–H and O–H groups in total. The van der Waals surface area contributed by atoms with E-state index in [0.717, 1.165) is 5.56 Å². The molecule has 0 spiro atoms. The van der Waals surface area contributed by atoms with Gasteiger partial charge in [0.2, 0.25) is 0 Å². The van der Waals surface area contributed by atoms with Crippen molar-refractivity contribution in [2.24, 2.45) is 0 Å². The molecule has 1 heterocycles. The summed E-state index contributed by atoms with van der Waals surface area (Å²) in [5.41, 5.74) is -3.30. The molecule has 0 bridgehead atoms. The molecule has 4 nitrogen and oxygen atoms in total. The first-order valence-electron chi connectivity index (χ1n) is 5.92. The van der Waals surface area contributed by atoms with Crippen LogP contribution in [0.2, 0.25) is 0 Å². The number of nitrogens with one attached hydrogen (secondary N) is 1. The van der Waals surface area contributed by atoms with Gasteiger partial charge in [0.05, 0.1) is 12.7 Å². The van der Waals surface area contributed by atoms with Crippen LogP contribution in [0.3, 0.4) is 0 Å². The third kappa shape index (κ3) is 5.22. The van der Waals surface area contributed by atoms with Crippen LogP contribution in [-0.2, 0) is 13.1 Å². The lowest BCUT2D eigenvalue weighted by Gasteiger charge is -2.07. The van der Waals surface area contributed by atoms with E-state index in [-0.39, 0.29) is 16.7 Å². The summed E-state index contributed by atoms with van der Waals surface area (Å²) in [6, 6.07) is 6.34. The Morgan fingerprint density at radius 2 is 1.95 bits per heavy atom. The normalized spacial score (nSPS) is 11.8. The number of alkyl halides is 3. The van der Waals surface area contributed by atoms with Crippen LogP contribution in [0.15, 0.2) is 41.6 Å². The van der Waals surface area contributed by atoms with E-state index in [2.05, 4.69) is 15.6 Å². The minimum Gasteiger partial charge on any atom is -0.311 e. The van der Waals surface area contributed by atoms with Crippen molar-refractivity contribution >= 4 is 11.8 Å². The van der Waals surface area contributed by atoms with Gasteiger partial charge >= 0.3 is 5.51 Å². The molecule has 1 aromatic heterocycles. The molecule has 0 unspecified atom stereocenters. The Labute approximate surface area is 118 Å². The molecule has 0 fully saturated rings. The highest BCUT2D eigenvalue weighted by atomic mass is 32.2. The summed E-state index contributed by atoms with van der Waals surface area (Å²) < 4.78 is 38.2. The molecule has 1 aromatic carbocycles. The monoisotopic (exact) mass is 302 g/mol. The topological polar surface area (TPSA) is 42.7 Å². The van der Waals surface area contributed by atoms with Crippen molar-refractivity contribution in [2.45, 2.75) is 23.5 Å². The molecule has 0 amide bonds. The van der Waals surface area contributed by atoms with Gasteiger partial charge in [-0.3, -0.25) is 4.68 Å². The highest BCUT2D eigenvalue weighted by molar-refractivity contribution is 8.00. The summed E-state index contributed by atoms with van der Waals surface area (Å²) in [7, 11) is 0. The molecule has 0 aliphatic heterocycles. The van der Waals surface area contributed by atoms with Crippen LogP contribution < -0.4 is 5.32 Å². The molecule has 0 radical (unpaired) electrons. The Bertz CT molecular complexity index is 510. The number of aromatic nitrogens is 3. The first-order valence-corrected chi connectivity index (χ1v) is 6.74. The highest BCUT2D eigenvalue weighted by Crippen LogP contribution is 2.36. The third-order valence-electron chi connectivity index (χ3n) is 2.48. The maximum absolute atomic E-state index is 12.2. The van der Waals surface area contributed by atoms with Gasteiger partial charge < -0.3 is 5.32 Å². The average molecular weight is 302 g/mol.